The van der Waals surface area contributed by atoms with E-state index in [1.54, 1.807) is 25.1 Å². The van der Waals surface area contributed by atoms with Crippen LogP contribution in [0.15, 0.2) is 42.5 Å². The Morgan fingerprint density at radius 1 is 1.10 bits per heavy atom. The molecule has 30 heavy (non-hydrogen) atoms. The minimum Gasteiger partial charge on any atom is -0.390 e. The van der Waals surface area contributed by atoms with Gasteiger partial charge in [0.05, 0.1) is 22.9 Å². The lowest BCUT2D eigenvalue weighted by molar-refractivity contribution is -0.137. The van der Waals surface area contributed by atoms with Gasteiger partial charge in [0.15, 0.2) is 0 Å². The maximum Gasteiger partial charge on any atom is 0.416 e. The van der Waals surface area contributed by atoms with Crippen molar-refractivity contribution in [2.75, 3.05) is 16.3 Å². The Bertz CT molecular complexity index is 903. The van der Waals surface area contributed by atoms with Gasteiger partial charge in [-0.15, -0.1) is 0 Å². The quantitative estimate of drug-likeness (QED) is 0.418. The van der Waals surface area contributed by atoms with Crippen LogP contribution in [-0.4, -0.2) is 27.9 Å². The maximum absolute atomic E-state index is 13.0. The molecule has 9 heteroatoms. The molecule has 0 saturated heterocycles. The highest BCUT2D eigenvalue weighted by molar-refractivity contribution is 7.85. The molecule has 2 aromatic rings. The number of aliphatic hydroxyl groups is 1. The zero-order valence-corrected chi connectivity index (χ0v) is 17.8. The molecular formula is C21H26F3N3O2S. The van der Waals surface area contributed by atoms with Crippen molar-refractivity contribution in [3.05, 3.63) is 59.2 Å². The van der Waals surface area contributed by atoms with Crippen LogP contribution in [0.1, 0.15) is 43.4 Å². The molecule has 0 aliphatic rings. The van der Waals surface area contributed by atoms with Gasteiger partial charge < -0.3 is 20.6 Å². The minimum atomic E-state index is -4.45. The standard InChI is InChI=1S/C21H26F3N3O2S/c1-4-19(28)20(5-2,14-9-11-15(12-10-14)21(22,23)24)26-17-7-6-8-18(16(17)13-25)27-30(3)29/h6-13,19,25-28H,4-5H2,1-3H3. The molecule has 0 radical (unpaired) electrons. The van der Waals surface area contributed by atoms with E-state index in [1.165, 1.54) is 18.4 Å². The molecule has 0 bridgehead atoms. The van der Waals surface area contributed by atoms with Gasteiger partial charge in [0.2, 0.25) is 0 Å². The SMILES string of the molecule is CCC(O)C(CC)(Nc1cccc(NS(C)=O)c1C=N)c1ccc(C(F)(F)F)cc1. The lowest BCUT2D eigenvalue weighted by Gasteiger charge is -2.40. The Hall–Kier alpha value is -2.39. The second kappa shape index (κ2) is 9.61. The number of hydrogen-bond donors (Lipinski definition) is 4. The third-order valence-corrected chi connectivity index (χ3v) is 5.61. The van der Waals surface area contributed by atoms with Crippen LogP contribution in [0.5, 0.6) is 0 Å². The minimum absolute atomic E-state index is 0.360. The number of hydrogen-bond acceptors (Lipinski definition) is 4. The molecule has 5 nitrogen and oxygen atoms in total. The van der Waals surface area contributed by atoms with E-state index in [2.05, 4.69) is 10.0 Å². The van der Waals surface area contributed by atoms with E-state index in [1.807, 2.05) is 6.92 Å². The molecule has 0 aliphatic heterocycles. The summed E-state index contributed by atoms with van der Waals surface area (Å²) < 4.78 is 53.3. The van der Waals surface area contributed by atoms with Gasteiger partial charge in [0.25, 0.3) is 0 Å². The van der Waals surface area contributed by atoms with Gasteiger partial charge in [-0.05, 0) is 42.7 Å². The van der Waals surface area contributed by atoms with Crippen LogP contribution >= 0.6 is 0 Å². The highest BCUT2D eigenvalue weighted by atomic mass is 32.2. The second-order valence-corrected chi connectivity index (χ2v) is 8.03. The van der Waals surface area contributed by atoms with E-state index >= 15 is 0 Å². The monoisotopic (exact) mass is 441 g/mol. The lowest BCUT2D eigenvalue weighted by atomic mass is 9.80. The van der Waals surface area contributed by atoms with Crippen LogP contribution in [-0.2, 0) is 22.7 Å². The molecule has 0 spiro atoms. The Labute approximate surface area is 176 Å². The fraction of sp³-hybridized carbons (Fsp3) is 0.381. The first-order valence-corrected chi connectivity index (χ1v) is 11.0. The van der Waals surface area contributed by atoms with Crippen molar-refractivity contribution in [1.29, 1.82) is 5.41 Å². The van der Waals surface area contributed by atoms with Crippen molar-refractivity contribution in [1.82, 2.24) is 0 Å². The highest BCUT2D eigenvalue weighted by Gasteiger charge is 2.39. The van der Waals surface area contributed by atoms with Crippen molar-refractivity contribution < 1.29 is 22.5 Å². The molecule has 0 heterocycles. The topological polar surface area (TPSA) is 85.2 Å². The van der Waals surface area contributed by atoms with E-state index in [-0.39, 0.29) is 0 Å². The molecule has 0 fully saturated rings. The average molecular weight is 442 g/mol. The third-order valence-electron chi connectivity index (χ3n) is 5.10. The summed E-state index contributed by atoms with van der Waals surface area (Å²) in [7, 11) is -1.36. The highest BCUT2D eigenvalue weighted by Crippen LogP contribution is 2.38. The van der Waals surface area contributed by atoms with Crippen LogP contribution in [0.2, 0.25) is 0 Å². The van der Waals surface area contributed by atoms with Crippen LogP contribution in [0.25, 0.3) is 0 Å². The Morgan fingerprint density at radius 2 is 1.67 bits per heavy atom. The number of halogens is 3. The smallest absolute Gasteiger partial charge is 0.390 e. The maximum atomic E-state index is 13.0. The molecule has 164 valence electrons. The number of nitrogens with one attached hydrogen (secondary N) is 3. The Morgan fingerprint density at radius 3 is 2.13 bits per heavy atom. The molecular weight excluding hydrogens is 415 g/mol. The van der Waals surface area contributed by atoms with Gasteiger partial charge in [0, 0.05) is 23.7 Å². The molecule has 0 amide bonds. The van der Waals surface area contributed by atoms with E-state index in [4.69, 9.17) is 5.41 Å². The van der Waals surface area contributed by atoms with Gasteiger partial charge in [-0.2, -0.15) is 13.2 Å². The molecule has 3 atom stereocenters. The van der Waals surface area contributed by atoms with Crippen molar-refractivity contribution in [3.63, 3.8) is 0 Å². The number of anilines is 2. The first-order valence-electron chi connectivity index (χ1n) is 9.46. The molecule has 0 aliphatic carbocycles. The van der Waals surface area contributed by atoms with E-state index in [0.717, 1.165) is 18.3 Å². The summed E-state index contributed by atoms with van der Waals surface area (Å²) in [6.45, 7) is 3.62. The second-order valence-electron chi connectivity index (χ2n) is 6.92. The number of rotatable bonds is 9. The van der Waals surface area contributed by atoms with Crippen LogP contribution in [0, 0.1) is 5.41 Å². The van der Waals surface area contributed by atoms with Crippen molar-refractivity contribution in [3.8, 4) is 0 Å². The third kappa shape index (κ3) is 5.02. The summed E-state index contributed by atoms with van der Waals surface area (Å²) in [6, 6.07) is 9.82. The Balaban J connectivity index is 2.59. The molecule has 2 aromatic carbocycles. The largest absolute Gasteiger partial charge is 0.416 e. The molecule has 0 aromatic heterocycles. The fourth-order valence-electron chi connectivity index (χ4n) is 3.49. The summed E-state index contributed by atoms with van der Waals surface area (Å²) >= 11 is 0. The van der Waals surface area contributed by atoms with Gasteiger partial charge >= 0.3 is 6.18 Å². The summed E-state index contributed by atoms with van der Waals surface area (Å²) in [5.41, 5.74) is 0.0510. The molecule has 2 rings (SSSR count). The number of aliphatic hydroxyl groups excluding tert-OH is 1. The molecule has 4 N–H and O–H groups in total. The fourth-order valence-corrected chi connectivity index (χ4v) is 3.98. The zero-order chi connectivity index (χ0) is 22.5. The van der Waals surface area contributed by atoms with Gasteiger partial charge in [-0.1, -0.05) is 32.0 Å². The molecule has 3 unspecified atom stereocenters. The normalized spacial score (nSPS) is 15.7. The zero-order valence-electron chi connectivity index (χ0n) is 17.0. The molecule has 0 saturated carbocycles. The van der Waals surface area contributed by atoms with Crippen molar-refractivity contribution in [2.24, 2.45) is 0 Å². The van der Waals surface area contributed by atoms with Gasteiger partial charge in [0.1, 0.15) is 11.0 Å². The summed E-state index contributed by atoms with van der Waals surface area (Å²) in [4.78, 5) is 0. The first-order chi connectivity index (χ1) is 14.1. The van der Waals surface area contributed by atoms with Crippen molar-refractivity contribution in [2.45, 2.75) is 44.5 Å². The van der Waals surface area contributed by atoms with Crippen molar-refractivity contribution >= 4 is 28.6 Å². The van der Waals surface area contributed by atoms with Crippen LogP contribution < -0.4 is 10.0 Å². The average Bonchev–Trinajstić information content (AvgIpc) is 2.70. The lowest BCUT2D eigenvalue weighted by Crippen LogP contribution is -2.46. The predicted octanol–water partition coefficient (Wildman–Crippen LogP) is 4.90. The summed E-state index contributed by atoms with van der Waals surface area (Å²) in [6.07, 6.45) is -2.06. The van der Waals surface area contributed by atoms with Crippen LogP contribution in [0.4, 0.5) is 24.5 Å². The first kappa shape index (κ1) is 23.9. The number of alkyl halides is 3. The van der Waals surface area contributed by atoms with E-state index < -0.39 is 34.4 Å². The summed E-state index contributed by atoms with van der Waals surface area (Å²) in [5, 5.41) is 22.0. The van der Waals surface area contributed by atoms with Gasteiger partial charge in [-0.25, -0.2) is 4.21 Å². The van der Waals surface area contributed by atoms with E-state index in [0.29, 0.717) is 35.3 Å². The van der Waals surface area contributed by atoms with Gasteiger partial charge in [-0.3, -0.25) is 0 Å². The predicted molar refractivity (Wildman–Crippen MR) is 115 cm³/mol. The number of benzene rings is 2. The van der Waals surface area contributed by atoms with E-state index in [9.17, 15) is 22.5 Å². The Kier molecular flexibility index (Phi) is 7.65. The summed E-state index contributed by atoms with van der Waals surface area (Å²) in [5.74, 6) is 0. The van der Waals surface area contributed by atoms with Crippen LogP contribution in [0.3, 0.4) is 0 Å².